The zero-order chi connectivity index (χ0) is 26.6. The Morgan fingerprint density at radius 3 is 2.63 bits per heavy atom. The van der Waals surface area contributed by atoms with Gasteiger partial charge in [0.25, 0.3) is 0 Å². The molecule has 1 amide bonds. The van der Waals surface area contributed by atoms with E-state index in [4.69, 9.17) is 0 Å². The van der Waals surface area contributed by atoms with Gasteiger partial charge in [0.15, 0.2) is 17.4 Å². The number of likely N-dealkylation sites (tertiary alicyclic amines) is 1. The van der Waals surface area contributed by atoms with Crippen molar-refractivity contribution in [3.63, 3.8) is 0 Å². The van der Waals surface area contributed by atoms with E-state index in [1.807, 2.05) is 18.3 Å². The third kappa shape index (κ3) is 5.65. The Labute approximate surface area is 223 Å². The van der Waals surface area contributed by atoms with Crippen molar-refractivity contribution in [2.45, 2.75) is 44.6 Å². The highest BCUT2D eigenvalue weighted by atomic mass is 19.1. The molecule has 2 aliphatic heterocycles. The first-order valence-electron chi connectivity index (χ1n) is 13.5. The molecular formula is C28H36FN7O2. The van der Waals surface area contributed by atoms with Crippen molar-refractivity contribution in [3.8, 4) is 0 Å². The van der Waals surface area contributed by atoms with E-state index in [1.165, 1.54) is 6.08 Å². The number of piperazine rings is 1. The van der Waals surface area contributed by atoms with E-state index in [0.29, 0.717) is 55.1 Å². The molecule has 5 rings (SSSR count). The van der Waals surface area contributed by atoms with Crippen LogP contribution in [0.15, 0.2) is 31.0 Å². The molecule has 0 radical (unpaired) electrons. The van der Waals surface area contributed by atoms with Gasteiger partial charge in [-0.05, 0) is 57.4 Å². The van der Waals surface area contributed by atoms with E-state index < -0.39 is 5.82 Å². The predicted molar refractivity (Wildman–Crippen MR) is 147 cm³/mol. The van der Waals surface area contributed by atoms with Gasteiger partial charge in [0, 0.05) is 57.3 Å². The van der Waals surface area contributed by atoms with Gasteiger partial charge in [0.2, 0.25) is 5.91 Å². The number of hydrogen-bond acceptors (Lipinski definition) is 8. The summed E-state index contributed by atoms with van der Waals surface area (Å²) in [6, 6.07) is 3.74. The molecule has 2 aromatic heterocycles. The van der Waals surface area contributed by atoms with Crippen LogP contribution in [0.2, 0.25) is 0 Å². The predicted octanol–water partition coefficient (Wildman–Crippen LogP) is 3.61. The summed E-state index contributed by atoms with van der Waals surface area (Å²) in [6.45, 7) is 8.57. The molecule has 0 spiro atoms. The van der Waals surface area contributed by atoms with Crippen LogP contribution in [0.25, 0.3) is 0 Å². The summed E-state index contributed by atoms with van der Waals surface area (Å²) < 4.78 is 15.8. The van der Waals surface area contributed by atoms with Crippen LogP contribution in [0.5, 0.6) is 0 Å². The number of carbonyl (C=O) groups is 2. The van der Waals surface area contributed by atoms with E-state index in [-0.39, 0.29) is 23.6 Å². The summed E-state index contributed by atoms with van der Waals surface area (Å²) in [5, 5.41) is 6.44. The van der Waals surface area contributed by atoms with Gasteiger partial charge < -0.3 is 25.3 Å². The molecule has 4 heterocycles. The highest BCUT2D eigenvalue weighted by Crippen LogP contribution is 2.34. The van der Waals surface area contributed by atoms with Crippen LogP contribution < -0.4 is 15.5 Å². The van der Waals surface area contributed by atoms with Gasteiger partial charge in [0.05, 0.1) is 17.4 Å². The number of halogens is 1. The highest BCUT2D eigenvalue weighted by molar-refractivity contribution is 6.03. The lowest BCUT2D eigenvalue weighted by Crippen LogP contribution is -2.44. The lowest BCUT2D eigenvalue weighted by molar-refractivity contribution is -0.127. The maximum Gasteiger partial charge on any atom is 0.246 e. The molecule has 2 aromatic rings. The van der Waals surface area contributed by atoms with Gasteiger partial charge >= 0.3 is 0 Å². The lowest BCUT2D eigenvalue weighted by atomic mass is 10.0. The number of likely N-dealkylation sites (N-methyl/N-ethyl adjacent to an activating group) is 1. The van der Waals surface area contributed by atoms with Crippen molar-refractivity contribution in [2.75, 3.05) is 61.8 Å². The number of nitrogens with one attached hydrogen (secondary N) is 2. The minimum absolute atomic E-state index is 0.104. The Morgan fingerprint density at radius 1 is 1.11 bits per heavy atom. The molecular weight excluding hydrogens is 485 g/mol. The second kappa shape index (κ2) is 11.5. The van der Waals surface area contributed by atoms with Gasteiger partial charge in [-0.25, -0.2) is 14.4 Å². The number of anilines is 4. The number of nitrogens with zero attached hydrogens (tertiary/aromatic N) is 5. The Hall–Kier alpha value is -3.53. The van der Waals surface area contributed by atoms with Crippen LogP contribution in [0.1, 0.15) is 48.0 Å². The van der Waals surface area contributed by atoms with Crippen molar-refractivity contribution >= 4 is 34.8 Å². The van der Waals surface area contributed by atoms with Crippen molar-refractivity contribution in [1.82, 2.24) is 19.8 Å². The van der Waals surface area contributed by atoms with Crippen LogP contribution in [0, 0.1) is 5.82 Å². The van der Waals surface area contributed by atoms with Gasteiger partial charge in [-0.3, -0.25) is 9.59 Å². The van der Waals surface area contributed by atoms with Crippen molar-refractivity contribution in [1.29, 1.82) is 0 Å². The van der Waals surface area contributed by atoms with E-state index >= 15 is 4.39 Å². The third-order valence-electron chi connectivity index (χ3n) is 7.71. The zero-order valence-electron chi connectivity index (χ0n) is 22.0. The second-order valence-corrected chi connectivity index (χ2v) is 10.4. The number of fused-ring (bicyclic) bond motifs is 1. The summed E-state index contributed by atoms with van der Waals surface area (Å²) in [5.41, 5.74) is 1.77. The molecule has 1 atom stereocenters. The average Bonchev–Trinajstić information content (AvgIpc) is 3.13. The second-order valence-electron chi connectivity index (χ2n) is 10.4. The number of Topliss-reactive ketones (excluding diaryl/α,β-unsaturated/α-hetero) is 1. The molecule has 2 saturated heterocycles. The molecule has 2 fully saturated rings. The highest BCUT2D eigenvalue weighted by Gasteiger charge is 2.29. The maximum atomic E-state index is 15.8. The Balaban J connectivity index is 1.41. The van der Waals surface area contributed by atoms with Crippen LogP contribution in [-0.4, -0.2) is 83.8 Å². The van der Waals surface area contributed by atoms with Gasteiger partial charge in [-0.15, -0.1) is 0 Å². The molecule has 3 aliphatic rings. The molecule has 1 aliphatic carbocycles. The zero-order valence-corrected chi connectivity index (χ0v) is 22.0. The Morgan fingerprint density at radius 2 is 1.89 bits per heavy atom. The number of hydrogen-bond donors (Lipinski definition) is 2. The SMILES string of the molecule is C=CC(=O)N1CCCC(Nc2nc(Nc3ccc(N4CCN(C)CC4)cn3)c3c(c2F)CCCCC3=O)C1. The normalized spacial score (nSPS) is 20.5. The fourth-order valence-electron chi connectivity index (χ4n) is 5.50. The smallest absolute Gasteiger partial charge is 0.246 e. The molecule has 0 bridgehead atoms. The molecule has 202 valence electrons. The Kier molecular flexibility index (Phi) is 7.87. The van der Waals surface area contributed by atoms with Crippen molar-refractivity contribution < 1.29 is 14.0 Å². The van der Waals surface area contributed by atoms with E-state index in [9.17, 15) is 9.59 Å². The molecule has 10 heteroatoms. The summed E-state index contributed by atoms with van der Waals surface area (Å²) in [6.07, 6.45) is 7.01. The largest absolute Gasteiger partial charge is 0.368 e. The summed E-state index contributed by atoms with van der Waals surface area (Å²) in [4.78, 5) is 40.7. The number of rotatable bonds is 6. The van der Waals surface area contributed by atoms with Crippen LogP contribution in [-0.2, 0) is 11.2 Å². The maximum absolute atomic E-state index is 15.8. The third-order valence-corrected chi connectivity index (χ3v) is 7.71. The van der Waals surface area contributed by atoms with E-state index in [1.54, 1.807) is 4.90 Å². The molecule has 9 nitrogen and oxygen atoms in total. The summed E-state index contributed by atoms with van der Waals surface area (Å²) in [5.74, 6) is 0.260. The minimum Gasteiger partial charge on any atom is -0.368 e. The molecule has 38 heavy (non-hydrogen) atoms. The minimum atomic E-state index is -0.480. The monoisotopic (exact) mass is 521 g/mol. The first kappa shape index (κ1) is 26.1. The standard InChI is InChI=1S/C28H36FN7O2/c1-3-24(38)36-12-6-7-19(18-36)31-28-26(29)21-8-4-5-9-22(37)25(21)27(33-28)32-23-11-10-20(17-30-23)35-15-13-34(2)14-16-35/h3,10-11,17,19H,1,4-9,12-16,18H2,2H3,(H2,30,31,32,33). The molecule has 2 N–H and O–H groups in total. The van der Waals surface area contributed by atoms with Gasteiger partial charge in [-0.1, -0.05) is 6.58 Å². The topological polar surface area (TPSA) is 93.7 Å². The first-order valence-corrected chi connectivity index (χ1v) is 13.5. The van der Waals surface area contributed by atoms with Crippen LogP contribution in [0.3, 0.4) is 0 Å². The van der Waals surface area contributed by atoms with E-state index in [0.717, 1.165) is 51.1 Å². The van der Waals surface area contributed by atoms with Crippen molar-refractivity contribution in [3.05, 3.63) is 47.9 Å². The van der Waals surface area contributed by atoms with Crippen LogP contribution >= 0.6 is 0 Å². The number of carbonyl (C=O) groups excluding carboxylic acids is 2. The number of pyridine rings is 2. The van der Waals surface area contributed by atoms with Gasteiger partial charge in [0.1, 0.15) is 11.6 Å². The first-order chi connectivity index (χ1) is 18.4. The molecule has 0 saturated carbocycles. The fourth-order valence-corrected chi connectivity index (χ4v) is 5.50. The summed E-state index contributed by atoms with van der Waals surface area (Å²) >= 11 is 0. The summed E-state index contributed by atoms with van der Waals surface area (Å²) in [7, 11) is 2.12. The van der Waals surface area contributed by atoms with Gasteiger partial charge in [-0.2, -0.15) is 0 Å². The average molecular weight is 522 g/mol. The fraction of sp³-hybridized carbons (Fsp3) is 0.500. The number of ketones is 1. The lowest BCUT2D eigenvalue weighted by Gasteiger charge is -2.33. The molecule has 0 aromatic carbocycles. The molecule has 1 unspecified atom stereocenters. The number of piperidine rings is 1. The quantitative estimate of drug-likeness (QED) is 0.440. The number of amides is 1. The number of aromatic nitrogens is 2. The van der Waals surface area contributed by atoms with Crippen molar-refractivity contribution in [2.24, 2.45) is 0 Å². The van der Waals surface area contributed by atoms with E-state index in [2.05, 4.69) is 44.0 Å². The van der Waals surface area contributed by atoms with Crippen LogP contribution in [0.4, 0.5) is 27.5 Å². The Bertz CT molecular complexity index is 1190.